The predicted octanol–water partition coefficient (Wildman–Crippen LogP) is 1.19. The molecule has 1 unspecified atom stereocenters. The average molecular weight is 334 g/mol. The molecule has 132 valence electrons. The minimum absolute atomic E-state index is 0.0995. The summed E-state index contributed by atoms with van der Waals surface area (Å²) in [5.74, 6) is -0.214. The minimum atomic E-state index is -0.992. The van der Waals surface area contributed by atoms with E-state index < -0.39 is 5.60 Å². The summed E-state index contributed by atoms with van der Waals surface area (Å²) < 4.78 is 7.58. The standard InChI is InChI=1S/C17H26N4O3/c1-3-20-12-18-10-14(20)15(22)21-8-9-24-17(2,11-21)16(23)19-13-6-4-5-7-13/h10,12-13H,3-9,11H2,1-2H3,(H,19,23). The highest BCUT2D eigenvalue weighted by atomic mass is 16.5. The molecule has 1 atom stereocenters. The van der Waals surface area contributed by atoms with Crippen LogP contribution in [0.25, 0.3) is 0 Å². The summed E-state index contributed by atoms with van der Waals surface area (Å²) in [4.78, 5) is 31.2. The topological polar surface area (TPSA) is 76.5 Å². The van der Waals surface area contributed by atoms with Crippen LogP contribution >= 0.6 is 0 Å². The largest absolute Gasteiger partial charge is 0.362 e. The summed E-state index contributed by atoms with van der Waals surface area (Å²) >= 11 is 0. The van der Waals surface area contributed by atoms with Gasteiger partial charge in [-0.15, -0.1) is 0 Å². The lowest BCUT2D eigenvalue weighted by molar-refractivity contribution is -0.154. The smallest absolute Gasteiger partial charge is 0.272 e. The van der Waals surface area contributed by atoms with Crippen LogP contribution in [0, 0.1) is 0 Å². The Bertz CT molecular complexity index is 609. The number of nitrogens with zero attached hydrogens (tertiary/aromatic N) is 3. The van der Waals surface area contributed by atoms with Crippen molar-refractivity contribution in [3.63, 3.8) is 0 Å². The van der Waals surface area contributed by atoms with E-state index in [1.807, 2.05) is 11.5 Å². The molecule has 0 spiro atoms. The first kappa shape index (κ1) is 17.0. The zero-order valence-electron chi connectivity index (χ0n) is 14.5. The lowest BCUT2D eigenvalue weighted by atomic mass is 10.0. The summed E-state index contributed by atoms with van der Waals surface area (Å²) in [6, 6.07) is 0.241. The number of aryl methyl sites for hydroxylation is 1. The fourth-order valence-corrected chi connectivity index (χ4v) is 3.50. The number of aromatic nitrogens is 2. The van der Waals surface area contributed by atoms with E-state index in [9.17, 15) is 9.59 Å². The second-order valence-electron chi connectivity index (χ2n) is 6.83. The second kappa shape index (κ2) is 6.93. The molecular weight excluding hydrogens is 308 g/mol. The first-order chi connectivity index (χ1) is 11.5. The summed E-state index contributed by atoms with van der Waals surface area (Å²) in [5.41, 5.74) is -0.439. The van der Waals surface area contributed by atoms with E-state index in [1.165, 1.54) is 0 Å². The first-order valence-electron chi connectivity index (χ1n) is 8.78. The monoisotopic (exact) mass is 334 g/mol. The molecule has 3 rings (SSSR count). The minimum Gasteiger partial charge on any atom is -0.362 e. The first-order valence-corrected chi connectivity index (χ1v) is 8.78. The van der Waals surface area contributed by atoms with Gasteiger partial charge in [0.15, 0.2) is 5.60 Å². The van der Waals surface area contributed by atoms with E-state index in [0.29, 0.717) is 25.4 Å². The van der Waals surface area contributed by atoms with Crippen molar-refractivity contribution < 1.29 is 14.3 Å². The van der Waals surface area contributed by atoms with Crippen LogP contribution < -0.4 is 5.32 Å². The van der Waals surface area contributed by atoms with Crippen LogP contribution in [0.2, 0.25) is 0 Å². The Kier molecular flexibility index (Phi) is 4.89. The van der Waals surface area contributed by atoms with Gasteiger partial charge in [0.2, 0.25) is 0 Å². The SMILES string of the molecule is CCn1cncc1C(=O)N1CCOC(C)(C(=O)NC2CCCC2)C1. The molecule has 2 aliphatic rings. The molecule has 2 fully saturated rings. The summed E-state index contributed by atoms with van der Waals surface area (Å²) in [6.45, 7) is 5.54. The van der Waals surface area contributed by atoms with Crippen molar-refractivity contribution in [1.82, 2.24) is 19.8 Å². The number of ether oxygens (including phenoxy) is 1. The van der Waals surface area contributed by atoms with Crippen molar-refractivity contribution in [3.05, 3.63) is 18.2 Å². The number of rotatable bonds is 4. The van der Waals surface area contributed by atoms with Crippen LogP contribution in [-0.2, 0) is 16.1 Å². The van der Waals surface area contributed by atoms with Crippen LogP contribution in [0.5, 0.6) is 0 Å². The van der Waals surface area contributed by atoms with Gasteiger partial charge in [0.05, 0.1) is 25.7 Å². The zero-order valence-corrected chi connectivity index (χ0v) is 14.5. The van der Waals surface area contributed by atoms with E-state index >= 15 is 0 Å². The average Bonchev–Trinajstić information content (AvgIpc) is 3.25. The highest BCUT2D eigenvalue weighted by Crippen LogP contribution is 2.23. The molecule has 1 aromatic rings. The Hall–Kier alpha value is -1.89. The van der Waals surface area contributed by atoms with Crippen molar-refractivity contribution in [3.8, 4) is 0 Å². The van der Waals surface area contributed by atoms with Gasteiger partial charge in [-0.05, 0) is 26.7 Å². The third-order valence-electron chi connectivity index (χ3n) is 5.00. The summed E-state index contributed by atoms with van der Waals surface area (Å²) in [7, 11) is 0. The highest BCUT2D eigenvalue weighted by molar-refractivity contribution is 5.93. The van der Waals surface area contributed by atoms with Gasteiger partial charge in [-0.2, -0.15) is 0 Å². The maximum absolute atomic E-state index is 12.8. The van der Waals surface area contributed by atoms with Gasteiger partial charge in [0, 0.05) is 19.1 Å². The van der Waals surface area contributed by atoms with Gasteiger partial charge < -0.3 is 19.5 Å². The van der Waals surface area contributed by atoms with E-state index in [0.717, 1.165) is 25.7 Å². The number of carbonyl (C=O) groups excluding carboxylic acids is 2. The fourth-order valence-electron chi connectivity index (χ4n) is 3.50. The molecule has 0 bridgehead atoms. The van der Waals surface area contributed by atoms with Gasteiger partial charge in [-0.3, -0.25) is 9.59 Å². The third-order valence-corrected chi connectivity index (χ3v) is 5.00. The Morgan fingerprint density at radius 1 is 1.42 bits per heavy atom. The lowest BCUT2D eigenvalue weighted by Crippen LogP contribution is -2.60. The van der Waals surface area contributed by atoms with E-state index in [4.69, 9.17) is 4.74 Å². The van der Waals surface area contributed by atoms with Crippen LogP contribution in [0.1, 0.15) is 50.0 Å². The van der Waals surface area contributed by atoms with Crippen molar-refractivity contribution in [2.24, 2.45) is 0 Å². The van der Waals surface area contributed by atoms with Gasteiger partial charge in [-0.25, -0.2) is 4.98 Å². The number of imidazole rings is 1. The molecular formula is C17H26N4O3. The van der Waals surface area contributed by atoms with Crippen LogP contribution in [0.15, 0.2) is 12.5 Å². The van der Waals surface area contributed by atoms with Gasteiger partial charge in [0.25, 0.3) is 11.8 Å². The molecule has 1 aliphatic carbocycles. The fraction of sp³-hybridized carbons (Fsp3) is 0.706. The molecule has 7 heteroatoms. The molecule has 1 N–H and O–H groups in total. The number of morpholine rings is 1. The number of carbonyl (C=O) groups is 2. The van der Waals surface area contributed by atoms with E-state index in [1.54, 1.807) is 24.3 Å². The van der Waals surface area contributed by atoms with Crippen molar-refractivity contribution in [1.29, 1.82) is 0 Å². The normalized spacial score (nSPS) is 25.0. The number of amides is 2. The predicted molar refractivity (Wildman–Crippen MR) is 88.6 cm³/mol. The van der Waals surface area contributed by atoms with Crippen LogP contribution in [-0.4, -0.2) is 57.6 Å². The Morgan fingerprint density at radius 2 is 2.17 bits per heavy atom. The Morgan fingerprint density at radius 3 is 2.88 bits per heavy atom. The van der Waals surface area contributed by atoms with Gasteiger partial charge in [0.1, 0.15) is 5.69 Å². The number of nitrogens with one attached hydrogen (secondary N) is 1. The summed E-state index contributed by atoms with van der Waals surface area (Å²) in [5, 5.41) is 3.09. The Labute approximate surface area is 142 Å². The highest BCUT2D eigenvalue weighted by Gasteiger charge is 2.42. The third kappa shape index (κ3) is 3.31. The summed E-state index contributed by atoms with van der Waals surface area (Å²) in [6.07, 6.45) is 7.61. The van der Waals surface area contributed by atoms with Crippen LogP contribution in [0.3, 0.4) is 0 Å². The van der Waals surface area contributed by atoms with E-state index in [-0.39, 0.29) is 24.4 Å². The van der Waals surface area contributed by atoms with Gasteiger partial charge in [-0.1, -0.05) is 12.8 Å². The number of hydrogen-bond acceptors (Lipinski definition) is 4. The maximum atomic E-state index is 12.8. The molecule has 1 saturated carbocycles. The molecule has 2 heterocycles. The molecule has 1 saturated heterocycles. The van der Waals surface area contributed by atoms with E-state index in [2.05, 4.69) is 10.3 Å². The van der Waals surface area contributed by atoms with Crippen molar-refractivity contribution >= 4 is 11.8 Å². The molecule has 0 radical (unpaired) electrons. The maximum Gasteiger partial charge on any atom is 0.272 e. The molecule has 1 aromatic heterocycles. The van der Waals surface area contributed by atoms with Crippen molar-refractivity contribution in [2.45, 2.75) is 57.7 Å². The molecule has 0 aromatic carbocycles. The van der Waals surface area contributed by atoms with Crippen LogP contribution in [0.4, 0.5) is 0 Å². The second-order valence-corrected chi connectivity index (χ2v) is 6.83. The number of hydrogen-bond donors (Lipinski definition) is 1. The zero-order chi connectivity index (χ0) is 17.2. The molecule has 24 heavy (non-hydrogen) atoms. The Balaban J connectivity index is 1.68. The molecule has 2 amide bonds. The lowest BCUT2D eigenvalue weighted by Gasteiger charge is -2.39. The van der Waals surface area contributed by atoms with Gasteiger partial charge >= 0.3 is 0 Å². The molecule has 7 nitrogen and oxygen atoms in total. The quantitative estimate of drug-likeness (QED) is 0.897. The van der Waals surface area contributed by atoms with Crippen molar-refractivity contribution in [2.75, 3.05) is 19.7 Å². The molecule has 1 aliphatic heterocycles.